The normalized spacial score (nSPS) is 15.6. The van der Waals surface area contributed by atoms with Crippen molar-refractivity contribution >= 4 is 28.8 Å². The smallest absolute Gasteiger partial charge is 0.264 e. The number of carbonyl (C=O) groups is 1. The Morgan fingerprint density at radius 2 is 1.73 bits per heavy atom. The highest BCUT2D eigenvalue weighted by atomic mass is 35.5. The molecule has 2 aromatic carbocycles. The molecular weight excluding hydrogens is 466 g/mol. The average Bonchev–Trinajstić information content (AvgIpc) is 3.24. The molecule has 1 aliphatic rings. The Bertz CT molecular complexity index is 1080. The van der Waals surface area contributed by atoms with Gasteiger partial charge in [-0.15, -0.1) is 11.3 Å². The summed E-state index contributed by atoms with van der Waals surface area (Å²) in [5, 5.41) is 2.54. The SMILES string of the molecule is Cc1ccsc1C(=O)N1CCN(C[C@@H](OCc2c(F)cccc2F)c2ccc(Cl)cc2)CC1. The summed E-state index contributed by atoms with van der Waals surface area (Å²) in [6, 6.07) is 13.0. The van der Waals surface area contributed by atoms with Crippen molar-refractivity contribution in [2.24, 2.45) is 0 Å². The molecule has 0 spiro atoms. The fraction of sp³-hybridized carbons (Fsp3) is 0.320. The summed E-state index contributed by atoms with van der Waals surface area (Å²) >= 11 is 7.51. The lowest BCUT2D eigenvalue weighted by atomic mass is 10.1. The lowest BCUT2D eigenvalue weighted by Crippen LogP contribution is -2.49. The van der Waals surface area contributed by atoms with E-state index >= 15 is 0 Å². The predicted molar refractivity (Wildman–Crippen MR) is 127 cm³/mol. The molecule has 0 radical (unpaired) electrons. The summed E-state index contributed by atoms with van der Waals surface area (Å²) in [6.07, 6.45) is -0.400. The van der Waals surface area contributed by atoms with Gasteiger partial charge in [0, 0.05) is 43.3 Å². The maximum absolute atomic E-state index is 14.1. The first kappa shape index (κ1) is 23.8. The summed E-state index contributed by atoms with van der Waals surface area (Å²) < 4.78 is 34.2. The Balaban J connectivity index is 1.42. The van der Waals surface area contributed by atoms with Crippen molar-refractivity contribution in [1.82, 2.24) is 9.80 Å². The van der Waals surface area contributed by atoms with E-state index in [0.29, 0.717) is 37.7 Å². The van der Waals surface area contributed by atoms with Gasteiger partial charge in [0.15, 0.2) is 0 Å². The molecule has 4 nitrogen and oxygen atoms in total. The first-order valence-corrected chi connectivity index (χ1v) is 12.0. The Hall–Kier alpha value is -2.32. The lowest BCUT2D eigenvalue weighted by molar-refractivity contribution is 0.00149. The first-order chi connectivity index (χ1) is 15.9. The number of thiophene rings is 1. The Labute approximate surface area is 201 Å². The van der Waals surface area contributed by atoms with Crippen molar-refractivity contribution in [1.29, 1.82) is 0 Å². The minimum absolute atomic E-state index is 0.0719. The molecule has 0 saturated carbocycles. The van der Waals surface area contributed by atoms with Gasteiger partial charge in [-0.1, -0.05) is 29.8 Å². The molecule has 1 aliphatic heterocycles. The number of hydrogen-bond acceptors (Lipinski definition) is 4. The third-order valence-corrected chi connectivity index (χ3v) is 7.13. The summed E-state index contributed by atoms with van der Waals surface area (Å²) in [7, 11) is 0. The van der Waals surface area contributed by atoms with Crippen LogP contribution in [0.3, 0.4) is 0 Å². The van der Waals surface area contributed by atoms with Gasteiger partial charge < -0.3 is 9.64 Å². The van der Waals surface area contributed by atoms with Crippen LogP contribution in [0, 0.1) is 18.6 Å². The number of hydrogen-bond donors (Lipinski definition) is 0. The zero-order valence-electron chi connectivity index (χ0n) is 18.3. The van der Waals surface area contributed by atoms with Crippen LogP contribution < -0.4 is 0 Å². The van der Waals surface area contributed by atoms with Crippen LogP contribution in [0.5, 0.6) is 0 Å². The number of amides is 1. The molecule has 0 N–H and O–H groups in total. The third kappa shape index (κ3) is 5.79. The molecule has 33 heavy (non-hydrogen) atoms. The van der Waals surface area contributed by atoms with E-state index in [1.54, 1.807) is 12.1 Å². The standard InChI is InChI=1S/C25H25ClF2N2O2S/c1-17-9-14-33-24(17)25(31)30-12-10-29(11-13-30)15-23(18-5-7-19(26)8-6-18)32-16-20-21(27)3-2-4-22(20)28/h2-9,14,23H,10-13,15-16H2,1H3/t23-/m1/s1. The maximum atomic E-state index is 14.1. The zero-order chi connectivity index (χ0) is 23.4. The van der Waals surface area contributed by atoms with Crippen LogP contribution in [0.4, 0.5) is 8.78 Å². The second-order valence-electron chi connectivity index (χ2n) is 8.08. The maximum Gasteiger partial charge on any atom is 0.264 e. The molecule has 0 bridgehead atoms. The van der Waals surface area contributed by atoms with Crippen molar-refractivity contribution in [3.8, 4) is 0 Å². The van der Waals surface area contributed by atoms with Gasteiger partial charge in [0.2, 0.25) is 0 Å². The molecule has 1 fully saturated rings. The van der Waals surface area contributed by atoms with Gasteiger partial charge >= 0.3 is 0 Å². The number of benzene rings is 2. The first-order valence-electron chi connectivity index (χ1n) is 10.8. The van der Waals surface area contributed by atoms with Gasteiger partial charge in [-0.3, -0.25) is 9.69 Å². The van der Waals surface area contributed by atoms with Crippen molar-refractivity contribution < 1.29 is 18.3 Å². The summed E-state index contributed by atoms with van der Waals surface area (Å²) in [6.45, 7) is 4.93. The number of aryl methyl sites for hydroxylation is 1. The largest absolute Gasteiger partial charge is 0.367 e. The van der Waals surface area contributed by atoms with Crippen LogP contribution in [0.2, 0.25) is 5.02 Å². The number of rotatable bonds is 7. The number of ether oxygens (including phenoxy) is 1. The molecule has 1 amide bonds. The van der Waals surface area contributed by atoms with E-state index in [9.17, 15) is 13.6 Å². The van der Waals surface area contributed by atoms with Crippen LogP contribution in [0.1, 0.15) is 32.5 Å². The monoisotopic (exact) mass is 490 g/mol. The highest BCUT2D eigenvalue weighted by molar-refractivity contribution is 7.12. The minimum atomic E-state index is -0.624. The van der Waals surface area contributed by atoms with E-state index in [2.05, 4.69) is 4.90 Å². The molecule has 1 aromatic heterocycles. The third-order valence-electron chi connectivity index (χ3n) is 5.87. The molecule has 0 aliphatic carbocycles. The van der Waals surface area contributed by atoms with E-state index in [0.717, 1.165) is 16.0 Å². The van der Waals surface area contributed by atoms with Crippen molar-refractivity contribution in [2.45, 2.75) is 19.6 Å². The Morgan fingerprint density at radius 1 is 1.06 bits per heavy atom. The summed E-state index contributed by atoms with van der Waals surface area (Å²) in [5.41, 5.74) is 1.80. The highest BCUT2D eigenvalue weighted by Crippen LogP contribution is 2.25. The number of nitrogens with zero attached hydrogens (tertiary/aromatic N) is 2. The molecule has 174 valence electrons. The fourth-order valence-electron chi connectivity index (χ4n) is 3.89. The molecule has 4 rings (SSSR count). The molecule has 3 aromatic rings. The van der Waals surface area contributed by atoms with Crippen LogP contribution in [-0.4, -0.2) is 48.4 Å². The number of carbonyl (C=O) groups excluding carboxylic acids is 1. The second-order valence-corrected chi connectivity index (χ2v) is 9.43. The summed E-state index contributed by atoms with van der Waals surface area (Å²) in [4.78, 5) is 17.7. The van der Waals surface area contributed by atoms with Crippen molar-refractivity contribution in [3.05, 3.63) is 92.1 Å². The van der Waals surface area contributed by atoms with Gasteiger partial charge in [0.25, 0.3) is 5.91 Å². The highest BCUT2D eigenvalue weighted by Gasteiger charge is 2.26. The Kier molecular flexibility index (Phi) is 7.75. The zero-order valence-corrected chi connectivity index (χ0v) is 19.8. The fourth-order valence-corrected chi connectivity index (χ4v) is 4.91. The van der Waals surface area contributed by atoms with Gasteiger partial charge in [0.05, 0.1) is 17.6 Å². The van der Waals surface area contributed by atoms with Gasteiger partial charge in [-0.25, -0.2) is 8.78 Å². The molecule has 8 heteroatoms. The van der Waals surface area contributed by atoms with Gasteiger partial charge in [0.1, 0.15) is 11.6 Å². The molecular formula is C25H25ClF2N2O2S. The average molecular weight is 491 g/mol. The van der Waals surface area contributed by atoms with E-state index in [-0.39, 0.29) is 18.1 Å². The minimum Gasteiger partial charge on any atom is -0.367 e. The molecule has 0 unspecified atom stereocenters. The topological polar surface area (TPSA) is 32.8 Å². The Morgan fingerprint density at radius 3 is 2.33 bits per heavy atom. The van der Waals surface area contributed by atoms with Crippen molar-refractivity contribution in [3.63, 3.8) is 0 Å². The van der Waals surface area contributed by atoms with E-state index in [1.165, 1.54) is 29.5 Å². The van der Waals surface area contributed by atoms with Crippen LogP contribution in [-0.2, 0) is 11.3 Å². The van der Waals surface area contributed by atoms with E-state index < -0.39 is 17.7 Å². The number of halogens is 3. The van der Waals surface area contributed by atoms with Crippen LogP contribution in [0.25, 0.3) is 0 Å². The molecule has 2 heterocycles. The van der Waals surface area contributed by atoms with Crippen LogP contribution in [0.15, 0.2) is 53.9 Å². The van der Waals surface area contributed by atoms with Gasteiger partial charge in [-0.05, 0) is 53.8 Å². The van der Waals surface area contributed by atoms with Gasteiger partial charge in [-0.2, -0.15) is 0 Å². The summed E-state index contributed by atoms with van der Waals surface area (Å²) in [5.74, 6) is -1.18. The van der Waals surface area contributed by atoms with Crippen LogP contribution >= 0.6 is 22.9 Å². The van der Waals surface area contributed by atoms with Crippen molar-refractivity contribution in [2.75, 3.05) is 32.7 Å². The lowest BCUT2D eigenvalue weighted by Gasteiger charge is -2.36. The molecule has 1 saturated heterocycles. The molecule has 1 atom stereocenters. The van der Waals surface area contributed by atoms with E-state index in [1.807, 2.05) is 35.4 Å². The quantitative estimate of drug-likeness (QED) is 0.425. The number of piperazine rings is 1. The van der Waals surface area contributed by atoms with E-state index in [4.69, 9.17) is 16.3 Å². The predicted octanol–water partition coefficient (Wildman–Crippen LogP) is 5.70. The second kappa shape index (κ2) is 10.7.